The van der Waals surface area contributed by atoms with E-state index in [2.05, 4.69) is 4.90 Å². The molecule has 19 heavy (non-hydrogen) atoms. The van der Waals surface area contributed by atoms with E-state index in [0.29, 0.717) is 6.04 Å². The largest absolute Gasteiger partial charge is 0.444 e. The summed E-state index contributed by atoms with van der Waals surface area (Å²) in [6, 6.07) is 0.355. The van der Waals surface area contributed by atoms with Crippen molar-refractivity contribution in [3.05, 3.63) is 0 Å². The minimum absolute atomic E-state index is 0.132. The van der Waals surface area contributed by atoms with Crippen molar-refractivity contribution < 1.29 is 9.53 Å². The summed E-state index contributed by atoms with van der Waals surface area (Å²) in [5, 5.41) is 0. The third-order valence-electron chi connectivity index (χ3n) is 3.92. The topological polar surface area (TPSA) is 32.8 Å². The van der Waals surface area contributed by atoms with Crippen molar-refractivity contribution in [3.8, 4) is 0 Å². The SMILES string of the molecule is CC(C)(C)OC(=O)N1CCC[C@H]1CN1CCCCC1. The van der Waals surface area contributed by atoms with E-state index in [-0.39, 0.29) is 6.09 Å². The highest BCUT2D eigenvalue weighted by Gasteiger charge is 2.33. The Balaban J connectivity index is 1.87. The van der Waals surface area contributed by atoms with Crippen LogP contribution in [-0.4, -0.2) is 53.7 Å². The van der Waals surface area contributed by atoms with Crippen LogP contribution in [-0.2, 0) is 4.74 Å². The Morgan fingerprint density at radius 3 is 2.42 bits per heavy atom. The lowest BCUT2D eigenvalue weighted by molar-refractivity contribution is 0.0191. The third kappa shape index (κ3) is 4.37. The highest BCUT2D eigenvalue weighted by Crippen LogP contribution is 2.22. The fourth-order valence-corrected chi connectivity index (χ4v) is 3.03. The fraction of sp³-hybridized carbons (Fsp3) is 0.933. The van der Waals surface area contributed by atoms with Gasteiger partial charge < -0.3 is 14.5 Å². The summed E-state index contributed by atoms with van der Waals surface area (Å²) >= 11 is 0. The summed E-state index contributed by atoms with van der Waals surface area (Å²) in [6.45, 7) is 10.1. The van der Waals surface area contributed by atoms with E-state index in [9.17, 15) is 4.79 Å². The summed E-state index contributed by atoms with van der Waals surface area (Å²) < 4.78 is 5.51. The van der Waals surface area contributed by atoms with Gasteiger partial charge in [-0.3, -0.25) is 0 Å². The van der Waals surface area contributed by atoms with Crippen LogP contribution >= 0.6 is 0 Å². The van der Waals surface area contributed by atoms with Crippen molar-refractivity contribution in [1.29, 1.82) is 0 Å². The van der Waals surface area contributed by atoms with Crippen molar-refractivity contribution in [3.63, 3.8) is 0 Å². The van der Waals surface area contributed by atoms with E-state index in [1.165, 1.54) is 32.4 Å². The van der Waals surface area contributed by atoms with Gasteiger partial charge in [-0.2, -0.15) is 0 Å². The highest BCUT2D eigenvalue weighted by molar-refractivity contribution is 5.69. The second kappa shape index (κ2) is 6.12. The monoisotopic (exact) mass is 268 g/mol. The molecular formula is C15H28N2O2. The van der Waals surface area contributed by atoms with Crippen molar-refractivity contribution in [2.45, 2.75) is 64.5 Å². The van der Waals surface area contributed by atoms with E-state index < -0.39 is 5.60 Å². The molecule has 0 saturated carbocycles. The molecular weight excluding hydrogens is 240 g/mol. The van der Waals surface area contributed by atoms with E-state index in [0.717, 1.165) is 25.9 Å². The lowest BCUT2D eigenvalue weighted by Crippen LogP contribution is -2.46. The standard InChI is InChI=1S/C15H28N2O2/c1-15(2,3)19-14(18)17-11-7-8-13(17)12-16-9-5-4-6-10-16/h13H,4-12H2,1-3H3/t13-/m0/s1. The maximum absolute atomic E-state index is 12.2. The van der Waals surface area contributed by atoms with Gasteiger partial charge in [0.15, 0.2) is 0 Å². The number of carbonyl (C=O) groups excluding carboxylic acids is 1. The van der Waals surface area contributed by atoms with Gasteiger partial charge in [0.2, 0.25) is 0 Å². The second-order valence-corrected chi connectivity index (χ2v) is 6.83. The van der Waals surface area contributed by atoms with Crippen LogP contribution in [0.25, 0.3) is 0 Å². The normalized spacial score (nSPS) is 25.6. The van der Waals surface area contributed by atoms with Gasteiger partial charge in [0.25, 0.3) is 0 Å². The molecule has 0 aromatic rings. The zero-order valence-corrected chi connectivity index (χ0v) is 12.7. The van der Waals surface area contributed by atoms with Crippen LogP contribution in [0.1, 0.15) is 52.9 Å². The molecule has 1 atom stereocenters. The summed E-state index contributed by atoms with van der Waals surface area (Å²) in [5.74, 6) is 0. The zero-order chi connectivity index (χ0) is 13.9. The molecule has 2 fully saturated rings. The summed E-state index contributed by atoms with van der Waals surface area (Å²) in [4.78, 5) is 16.7. The Morgan fingerprint density at radius 1 is 1.11 bits per heavy atom. The summed E-state index contributed by atoms with van der Waals surface area (Å²) in [6.07, 6.45) is 6.06. The maximum atomic E-state index is 12.2. The zero-order valence-electron chi connectivity index (χ0n) is 12.7. The van der Waals surface area contributed by atoms with Gasteiger partial charge in [-0.15, -0.1) is 0 Å². The third-order valence-corrected chi connectivity index (χ3v) is 3.92. The molecule has 0 aromatic heterocycles. The lowest BCUT2D eigenvalue weighted by Gasteiger charge is -2.33. The van der Waals surface area contributed by atoms with Gasteiger partial charge in [-0.05, 0) is 59.5 Å². The smallest absolute Gasteiger partial charge is 0.410 e. The molecule has 0 unspecified atom stereocenters. The molecule has 1 amide bonds. The first-order valence-corrected chi connectivity index (χ1v) is 7.68. The Labute approximate surface area is 117 Å². The molecule has 2 saturated heterocycles. The summed E-state index contributed by atoms with van der Waals surface area (Å²) in [7, 11) is 0. The predicted molar refractivity (Wildman–Crippen MR) is 76.3 cm³/mol. The number of likely N-dealkylation sites (tertiary alicyclic amines) is 2. The van der Waals surface area contributed by atoms with Crippen LogP contribution in [0.5, 0.6) is 0 Å². The predicted octanol–water partition coefficient (Wildman–Crippen LogP) is 2.87. The van der Waals surface area contributed by atoms with Gasteiger partial charge in [0, 0.05) is 19.1 Å². The van der Waals surface area contributed by atoms with E-state index >= 15 is 0 Å². The molecule has 0 radical (unpaired) electrons. The first-order valence-electron chi connectivity index (χ1n) is 7.68. The molecule has 4 nitrogen and oxygen atoms in total. The van der Waals surface area contributed by atoms with E-state index in [4.69, 9.17) is 4.74 Å². The number of hydrogen-bond acceptors (Lipinski definition) is 3. The van der Waals surface area contributed by atoms with E-state index in [1.807, 2.05) is 25.7 Å². The molecule has 2 aliphatic rings. The average Bonchev–Trinajstić information content (AvgIpc) is 2.76. The molecule has 4 heteroatoms. The lowest BCUT2D eigenvalue weighted by atomic mass is 10.1. The Hall–Kier alpha value is -0.770. The molecule has 0 bridgehead atoms. The minimum atomic E-state index is -0.394. The number of nitrogens with zero attached hydrogens (tertiary/aromatic N) is 2. The van der Waals surface area contributed by atoms with Crippen LogP contribution in [0.15, 0.2) is 0 Å². The number of rotatable bonds is 2. The quantitative estimate of drug-likeness (QED) is 0.772. The van der Waals surface area contributed by atoms with Gasteiger partial charge in [0.05, 0.1) is 0 Å². The Bertz CT molecular complexity index is 306. The number of ether oxygens (including phenoxy) is 1. The van der Waals surface area contributed by atoms with Gasteiger partial charge in [0.1, 0.15) is 5.60 Å². The van der Waals surface area contributed by atoms with Crippen LogP contribution < -0.4 is 0 Å². The number of carbonyl (C=O) groups is 1. The van der Waals surface area contributed by atoms with Crippen molar-refractivity contribution >= 4 is 6.09 Å². The fourth-order valence-electron chi connectivity index (χ4n) is 3.03. The van der Waals surface area contributed by atoms with Crippen LogP contribution in [0.3, 0.4) is 0 Å². The molecule has 0 spiro atoms. The molecule has 0 aromatic carbocycles. The summed E-state index contributed by atoms with van der Waals surface area (Å²) in [5.41, 5.74) is -0.394. The van der Waals surface area contributed by atoms with Crippen molar-refractivity contribution in [2.24, 2.45) is 0 Å². The molecule has 0 aliphatic carbocycles. The Morgan fingerprint density at radius 2 is 1.79 bits per heavy atom. The van der Waals surface area contributed by atoms with Crippen molar-refractivity contribution in [1.82, 2.24) is 9.80 Å². The first kappa shape index (κ1) is 14.6. The van der Waals surface area contributed by atoms with Crippen LogP contribution in [0, 0.1) is 0 Å². The van der Waals surface area contributed by atoms with Crippen LogP contribution in [0.2, 0.25) is 0 Å². The van der Waals surface area contributed by atoms with Crippen molar-refractivity contribution in [2.75, 3.05) is 26.2 Å². The number of hydrogen-bond donors (Lipinski definition) is 0. The highest BCUT2D eigenvalue weighted by atomic mass is 16.6. The maximum Gasteiger partial charge on any atom is 0.410 e. The first-order chi connectivity index (χ1) is 8.96. The second-order valence-electron chi connectivity index (χ2n) is 6.83. The molecule has 2 heterocycles. The molecule has 110 valence electrons. The molecule has 2 aliphatic heterocycles. The average molecular weight is 268 g/mol. The van der Waals surface area contributed by atoms with Gasteiger partial charge in [-0.25, -0.2) is 4.79 Å². The number of piperidine rings is 1. The Kier molecular flexibility index (Phi) is 4.71. The van der Waals surface area contributed by atoms with Gasteiger partial charge in [-0.1, -0.05) is 6.42 Å². The minimum Gasteiger partial charge on any atom is -0.444 e. The molecule has 0 N–H and O–H groups in total. The molecule has 2 rings (SSSR count). The van der Waals surface area contributed by atoms with Gasteiger partial charge >= 0.3 is 6.09 Å². The van der Waals surface area contributed by atoms with E-state index in [1.54, 1.807) is 0 Å². The van der Waals surface area contributed by atoms with Crippen LogP contribution in [0.4, 0.5) is 4.79 Å². The number of amides is 1.